The first-order valence-electron chi connectivity index (χ1n) is 19.1. The molecule has 0 radical (unpaired) electrons. The first kappa shape index (κ1) is 46.8. The second-order valence-electron chi connectivity index (χ2n) is 15.2. The van der Waals surface area contributed by atoms with E-state index in [0.717, 1.165) is 29.2 Å². The molecule has 0 saturated heterocycles. The van der Waals surface area contributed by atoms with Crippen LogP contribution >= 0.6 is 0 Å². The molecule has 5 aromatic carbocycles. The predicted octanol–water partition coefficient (Wildman–Crippen LogP) is 15.6. The van der Waals surface area contributed by atoms with Crippen molar-refractivity contribution in [3.63, 3.8) is 0 Å². The van der Waals surface area contributed by atoms with E-state index >= 15 is 0 Å². The normalized spacial score (nSPS) is 10.4. The Morgan fingerprint density at radius 3 is 0.941 bits per heavy atom. The number of nitrogens with zero attached hydrogens (tertiary/aromatic N) is 1. The van der Waals surface area contributed by atoms with Gasteiger partial charge in [-0.2, -0.15) is 0 Å². The number of rotatable bonds is 0. The Labute approximate surface area is 314 Å². The van der Waals surface area contributed by atoms with Gasteiger partial charge in [-0.05, 0) is 77.0 Å². The average molecular weight is 686 g/mol. The zero-order chi connectivity index (χ0) is 38.3. The van der Waals surface area contributed by atoms with Crippen molar-refractivity contribution in [3.8, 4) is 0 Å². The fraction of sp³-hybridized carbons (Fsp3) is 0.380. The Kier molecular flexibility index (Phi) is 28.0. The van der Waals surface area contributed by atoms with E-state index < -0.39 is 0 Å². The van der Waals surface area contributed by atoms with Gasteiger partial charge in [0.1, 0.15) is 0 Å². The van der Waals surface area contributed by atoms with Gasteiger partial charge in [0.05, 0.1) is 5.52 Å². The van der Waals surface area contributed by atoms with Gasteiger partial charge < -0.3 is 0 Å². The first-order valence-corrected chi connectivity index (χ1v) is 19.1. The van der Waals surface area contributed by atoms with E-state index in [1.807, 2.05) is 66.9 Å². The monoisotopic (exact) mass is 686 g/mol. The van der Waals surface area contributed by atoms with Crippen LogP contribution < -0.4 is 0 Å². The van der Waals surface area contributed by atoms with Crippen LogP contribution in [-0.4, -0.2) is 4.98 Å². The number of aryl methyl sites for hydroxylation is 2. The zero-order valence-electron chi connectivity index (χ0n) is 34.3. The van der Waals surface area contributed by atoms with Gasteiger partial charge in [0.2, 0.25) is 0 Å². The van der Waals surface area contributed by atoms with Crippen LogP contribution in [0.1, 0.15) is 101 Å². The Hall–Kier alpha value is -4.23. The van der Waals surface area contributed by atoms with Crippen LogP contribution in [-0.2, 0) is 12.8 Å². The lowest BCUT2D eigenvalue weighted by Gasteiger charge is -1.93. The van der Waals surface area contributed by atoms with Gasteiger partial charge in [0.25, 0.3) is 0 Å². The fourth-order valence-electron chi connectivity index (χ4n) is 4.05. The number of pyridine rings is 1. The van der Waals surface area contributed by atoms with Crippen molar-refractivity contribution in [1.29, 1.82) is 0 Å². The van der Waals surface area contributed by atoms with Crippen LogP contribution in [0.4, 0.5) is 0 Å². The Balaban J connectivity index is 0.000000582. The molecule has 1 heteroatoms. The second-order valence-corrected chi connectivity index (χ2v) is 15.2. The third-order valence-corrected chi connectivity index (χ3v) is 5.85. The van der Waals surface area contributed by atoms with E-state index in [-0.39, 0.29) is 0 Å². The minimum atomic E-state index is 0.833. The summed E-state index contributed by atoms with van der Waals surface area (Å²) in [4.78, 5) is 4.18. The Morgan fingerprint density at radius 1 is 0.333 bits per heavy atom. The van der Waals surface area contributed by atoms with Crippen molar-refractivity contribution in [1.82, 2.24) is 4.98 Å². The van der Waals surface area contributed by atoms with E-state index in [9.17, 15) is 0 Å². The van der Waals surface area contributed by atoms with Crippen molar-refractivity contribution in [2.75, 3.05) is 0 Å². The lowest BCUT2D eigenvalue weighted by Crippen LogP contribution is -1.77. The van der Waals surface area contributed by atoms with Crippen LogP contribution in [0.3, 0.4) is 0 Å². The highest BCUT2D eigenvalue weighted by atomic mass is 14.6. The zero-order valence-corrected chi connectivity index (χ0v) is 34.3. The summed E-state index contributed by atoms with van der Waals surface area (Å²) < 4.78 is 0. The summed E-state index contributed by atoms with van der Waals surface area (Å²) in [7, 11) is 0. The standard InChI is InChI=1S/C10H8.C9H7N.C9H10.C6H6.4C4H10/c1-2-6-10-8-4-3-7-9(10)5-1;1-2-6-9-8(4-1)5-3-7-10-9;1-2-5-9-7-3-6-8(9)4-1;1-2-4-6-5-3-1;4*1-4(2)3/h1-8H;1-7H;1-2,4-5H,3,6-7H2;1-6H;4*4H,1-3H3. The molecule has 0 aliphatic heterocycles. The summed E-state index contributed by atoms with van der Waals surface area (Å²) in [5, 5.41) is 3.82. The minimum absolute atomic E-state index is 0.833. The molecule has 0 amide bonds. The van der Waals surface area contributed by atoms with Gasteiger partial charge in [0.15, 0.2) is 0 Å². The molecule has 1 aliphatic carbocycles. The molecule has 0 bridgehead atoms. The van der Waals surface area contributed by atoms with Gasteiger partial charge >= 0.3 is 0 Å². The number of fused-ring (bicyclic) bond motifs is 3. The maximum absolute atomic E-state index is 4.18. The number of hydrogen-bond acceptors (Lipinski definition) is 1. The molecule has 0 atom stereocenters. The van der Waals surface area contributed by atoms with Gasteiger partial charge in [-0.15, -0.1) is 0 Å². The van der Waals surface area contributed by atoms with Crippen molar-refractivity contribution in [3.05, 3.63) is 163 Å². The first-order chi connectivity index (χ1) is 24.3. The number of benzene rings is 5. The fourth-order valence-corrected chi connectivity index (χ4v) is 4.05. The van der Waals surface area contributed by atoms with E-state index in [0.29, 0.717) is 0 Å². The highest BCUT2D eigenvalue weighted by Crippen LogP contribution is 2.20. The lowest BCUT2D eigenvalue weighted by atomic mass is 10.1. The van der Waals surface area contributed by atoms with Gasteiger partial charge in [0, 0.05) is 11.6 Å². The Morgan fingerprint density at radius 2 is 0.608 bits per heavy atom. The van der Waals surface area contributed by atoms with Crippen molar-refractivity contribution < 1.29 is 0 Å². The number of hydrogen-bond donors (Lipinski definition) is 0. The molecule has 6 aromatic rings. The Bertz CT molecular complexity index is 1330. The summed E-state index contributed by atoms with van der Waals surface area (Å²) in [5.41, 5.74) is 4.19. The maximum Gasteiger partial charge on any atom is 0.0701 e. The molecule has 1 nitrogen and oxygen atoms in total. The SMILES string of the molecule is CC(C)C.CC(C)C.CC(C)C.CC(C)C.c1ccc2c(c1)CCC2.c1ccc2ccccc2c1.c1ccc2ncccc2c1.c1ccccc1. The number of aromatic nitrogens is 1. The molecule has 276 valence electrons. The third-order valence-electron chi connectivity index (χ3n) is 5.85. The summed E-state index contributed by atoms with van der Waals surface area (Å²) in [6, 6.07) is 49.5. The highest BCUT2D eigenvalue weighted by molar-refractivity contribution is 5.82. The van der Waals surface area contributed by atoms with E-state index in [2.05, 4.69) is 173 Å². The van der Waals surface area contributed by atoms with E-state index in [1.165, 1.54) is 35.4 Å². The van der Waals surface area contributed by atoms with Crippen molar-refractivity contribution in [2.45, 2.75) is 102 Å². The van der Waals surface area contributed by atoms with Crippen molar-refractivity contribution in [2.24, 2.45) is 23.7 Å². The van der Waals surface area contributed by atoms with Crippen LogP contribution in [0.2, 0.25) is 0 Å². The summed E-state index contributed by atoms with van der Waals surface area (Å²) in [5.74, 6) is 3.33. The van der Waals surface area contributed by atoms with Crippen LogP contribution in [0.15, 0.2) is 152 Å². The summed E-state index contributed by atoms with van der Waals surface area (Å²) in [6.07, 6.45) is 5.77. The average Bonchev–Trinajstić information content (AvgIpc) is 3.58. The molecular weight excluding hydrogens is 615 g/mol. The van der Waals surface area contributed by atoms with Crippen LogP contribution in [0.5, 0.6) is 0 Å². The summed E-state index contributed by atoms with van der Waals surface area (Å²) >= 11 is 0. The quantitative estimate of drug-likeness (QED) is 0.155. The van der Waals surface area contributed by atoms with Gasteiger partial charge in [-0.1, -0.05) is 217 Å². The summed E-state index contributed by atoms with van der Waals surface area (Å²) in [6.45, 7) is 26.0. The molecule has 1 heterocycles. The smallest absolute Gasteiger partial charge is 0.0701 e. The molecule has 0 unspecified atom stereocenters. The largest absolute Gasteiger partial charge is 0.256 e. The van der Waals surface area contributed by atoms with Gasteiger partial charge in [-0.25, -0.2) is 0 Å². The molecule has 7 rings (SSSR count). The van der Waals surface area contributed by atoms with Crippen molar-refractivity contribution >= 4 is 21.7 Å². The molecule has 1 aromatic heterocycles. The third kappa shape index (κ3) is 29.2. The molecule has 0 saturated carbocycles. The topological polar surface area (TPSA) is 12.9 Å². The molecule has 1 aliphatic rings. The lowest BCUT2D eigenvalue weighted by molar-refractivity contribution is 0.736. The van der Waals surface area contributed by atoms with E-state index in [1.54, 1.807) is 11.1 Å². The van der Waals surface area contributed by atoms with E-state index in [4.69, 9.17) is 0 Å². The minimum Gasteiger partial charge on any atom is -0.256 e. The highest BCUT2D eigenvalue weighted by Gasteiger charge is 2.07. The molecule has 0 fully saturated rings. The molecular formula is C50H71N. The molecule has 51 heavy (non-hydrogen) atoms. The predicted molar refractivity (Wildman–Crippen MR) is 233 cm³/mol. The molecule has 0 N–H and O–H groups in total. The van der Waals surface area contributed by atoms with Gasteiger partial charge in [-0.3, -0.25) is 4.98 Å². The maximum atomic E-state index is 4.18. The second kappa shape index (κ2) is 30.6. The van der Waals surface area contributed by atoms with Crippen LogP contribution in [0.25, 0.3) is 21.7 Å². The van der Waals surface area contributed by atoms with Crippen LogP contribution in [0, 0.1) is 23.7 Å². The molecule has 0 spiro atoms. The number of para-hydroxylation sites is 1.